The fraction of sp³-hybridized carbons (Fsp3) is 0. The molecule has 0 bridgehead atoms. The van der Waals surface area contributed by atoms with E-state index in [1.807, 2.05) is 0 Å². The average molecular weight is 494 g/mol. The number of rotatable bonds is 3. The lowest BCUT2D eigenvalue weighted by Gasteiger charge is -2.14. The Morgan fingerprint density at radius 3 is 2.46 bits per heavy atom. The normalized spacial score (nSPS) is 10.1. The fourth-order valence-electron chi connectivity index (χ4n) is 1.79. The van der Waals surface area contributed by atoms with Crippen LogP contribution in [0.3, 0.4) is 0 Å². The van der Waals surface area contributed by atoms with Gasteiger partial charge in [-0.05, 0) is 71.2 Å². The summed E-state index contributed by atoms with van der Waals surface area (Å²) in [5.74, 6) is -1.94. The SMILES string of the molecule is O=C(NC(=S)Nc1ccc(Cl)cc1C(=O)[O-])c1cc(I)ccc1Cl. The van der Waals surface area contributed by atoms with Gasteiger partial charge >= 0.3 is 0 Å². The Hall–Kier alpha value is -1.42. The van der Waals surface area contributed by atoms with E-state index in [9.17, 15) is 14.7 Å². The Bertz CT molecular complexity index is 845. The number of carboxylic acids is 1. The molecule has 0 atom stereocenters. The number of carboxylic acid groups (broad SMARTS) is 1. The van der Waals surface area contributed by atoms with E-state index in [1.165, 1.54) is 18.2 Å². The molecule has 5 nitrogen and oxygen atoms in total. The van der Waals surface area contributed by atoms with Crippen LogP contribution in [0.15, 0.2) is 36.4 Å². The Balaban J connectivity index is 2.15. The van der Waals surface area contributed by atoms with Crippen LogP contribution >= 0.6 is 58.0 Å². The highest BCUT2D eigenvalue weighted by Gasteiger charge is 2.13. The Morgan fingerprint density at radius 1 is 1.08 bits per heavy atom. The molecule has 0 aromatic heterocycles. The summed E-state index contributed by atoms with van der Waals surface area (Å²) in [4.78, 5) is 23.3. The van der Waals surface area contributed by atoms with Gasteiger partial charge in [-0.2, -0.15) is 0 Å². The molecule has 24 heavy (non-hydrogen) atoms. The van der Waals surface area contributed by atoms with Crippen molar-refractivity contribution >= 4 is 80.7 Å². The van der Waals surface area contributed by atoms with Crippen molar-refractivity contribution in [1.82, 2.24) is 5.32 Å². The van der Waals surface area contributed by atoms with E-state index in [0.717, 1.165) is 3.57 Å². The lowest BCUT2D eigenvalue weighted by Crippen LogP contribution is -2.35. The highest BCUT2D eigenvalue weighted by atomic mass is 127. The lowest BCUT2D eigenvalue weighted by atomic mass is 10.2. The van der Waals surface area contributed by atoms with Gasteiger partial charge in [0.2, 0.25) is 0 Å². The number of hydrogen-bond acceptors (Lipinski definition) is 4. The third kappa shape index (κ3) is 4.79. The fourth-order valence-corrected chi connectivity index (χ4v) is 2.86. The summed E-state index contributed by atoms with van der Waals surface area (Å²) in [5, 5.41) is 16.6. The molecule has 1 amide bonds. The first-order valence-corrected chi connectivity index (χ1v) is 8.60. The third-order valence-corrected chi connectivity index (χ3v) is 4.29. The number of thiocarbonyl (C=S) groups is 1. The van der Waals surface area contributed by atoms with Gasteiger partial charge in [0.25, 0.3) is 5.91 Å². The summed E-state index contributed by atoms with van der Waals surface area (Å²) in [6, 6.07) is 9.09. The first-order valence-electron chi connectivity index (χ1n) is 6.36. The van der Waals surface area contributed by atoms with Crippen molar-refractivity contribution in [3.63, 3.8) is 0 Å². The van der Waals surface area contributed by atoms with Gasteiger partial charge in [0.1, 0.15) is 0 Å². The van der Waals surface area contributed by atoms with E-state index >= 15 is 0 Å². The molecule has 0 aliphatic carbocycles. The van der Waals surface area contributed by atoms with Gasteiger partial charge in [0.05, 0.1) is 16.6 Å². The Kier molecular flexibility index (Phi) is 6.39. The molecule has 0 unspecified atom stereocenters. The van der Waals surface area contributed by atoms with Gasteiger partial charge in [-0.3, -0.25) is 10.1 Å². The van der Waals surface area contributed by atoms with Crippen LogP contribution in [0.5, 0.6) is 0 Å². The Morgan fingerprint density at radius 2 is 1.79 bits per heavy atom. The second kappa shape index (κ2) is 8.11. The summed E-state index contributed by atoms with van der Waals surface area (Å²) in [7, 11) is 0. The summed E-state index contributed by atoms with van der Waals surface area (Å²) in [6.07, 6.45) is 0. The van der Waals surface area contributed by atoms with Crippen molar-refractivity contribution in [1.29, 1.82) is 0 Å². The first kappa shape index (κ1) is 18.9. The average Bonchev–Trinajstić information content (AvgIpc) is 2.51. The van der Waals surface area contributed by atoms with Crippen LogP contribution in [0.1, 0.15) is 20.7 Å². The van der Waals surface area contributed by atoms with E-state index < -0.39 is 11.9 Å². The lowest BCUT2D eigenvalue weighted by molar-refractivity contribution is -0.254. The number of amides is 1. The van der Waals surface area contributed by atoms with Crippen LogP contribution < -0.4 is 15.7 Å². The number of hydrogen-bond donors (Lipinski definition) is 2. The molecule has 0 saturated heterocycles. The maximum Gasteiger partial charge on any atom is 0.258 e. The van der Waals surface area contributed by atoms with E-state index in [4.69, 9.17) is 35.4 Å². The largest absolute Gasteiger partial charge is 0.545 e. The van der Waals surface area contributed by atoms with Gasteiger partial charge < -0.3 is 15.2 Å². The first-order chi connectivity index (χ1) is 11.3. The quantitative estimate of drug-likeness (QED) is 0.507. The summed E-state index contributed by atoms with van der Waals surface area (Å²) >= 11 is 18.8. The van der Waals surface area contributed by atoms with Crippen LogP contribution in [0.4, 0.5) is 5.69 Å². The molecule has 124 valence electrons. The minimum Gasteiger partial charge on any atom is -0.545 e. The molecule has 0 heterocycles. The molecule has 0 aliphatic heterocycles. The zero-order valence-electron chi connectivity index (χ0n) is 11.7. The molecular weight excluding hydrogens is 486 g/mol. The number of anilines is 1. The molecule has 2 aromatic carbocycles. The molecule has 0 fully saturated rings. The summed E-state index contributed by atoms with van der Waals surface area (Å²) < 4.78 is 0.831. The molecule has 0 radical (unpaired) electrons. The van der Waals surface area contributed by atoms with Crippen molar-refractivity contribution in [2.45, 2.75) is 0 Å². The zero-order chi connectivity index (χ0) is 17.9. The molecule has 0 saturated carbocycles. The van der Waals surface area contributed by atoms with Crippen molar-refractivity contribution < 1.29 is 14.7 Å². The smallest absolute Gasteiger partial charge is 0.258 e. The van der Waals surface area contributed by atoms with Crippen molar-refractivity contribution in [2.24, 2.45) is 0 Å². The Labute approximate surface area is 166 Å². The van der Waals surface area contributed by atoms with E-state index in [0.29, 0.717) is 0 Å². The summed E-state index contributed by atoms with van der Waals surface area (Å²) in [5.41, 5.74) is 0.230. The number of carbonyl (C=O) groups is 2. The standard InChI is InChI=1S/C15H9Cl2IN2O3S/c16-7-1-4-12(10(5-7)14(22)23)19-15(24)20-13(21)9-6-8(18)2-3-11(9)17/h1-6H,(H,22,23)(H2,19,20,21,24)/p-1. The molecule has 2 aromatic rings. The number of benzene rings is 2. The van der Waals surface area contributed by atoms with Crippen molar-refractivity contribution in [3.8, 4) is 0 Å². The third-order valence-electron chi connectivity index (χ3n) is 2.85. The monoisotopic (exact) mass is 493 g/mol. The van der Waals surface area contributed by atoms with Crippen molar-refractivity contribution in [3.05, 3.63) is 61.1 Å². The van der Waals surface area contributed by atoms with E-state index in [2.05, 4.69) is 33.2 Å². The van der Waals surface area contributed by atoms with Crippen molar-refractivity contribution in [2.75, 3.05) is 5.32 Å². The number of carbonyl (C=O) groups excluding carboxylic acids is 2. The topological polar surface area (TPSA) is 81.3 Å². The molecule has 0 aliphatic rings. The number of nitrogens with one attached hydrogen (secondary N) is 2. The molecule has 9 heteroatoms. The molecule has 0 spiro atoms. The van der Waals surface area contributed by atoms with Gasteiger partial charge in [-0.25, -0.2) is 0 Å². The second-order valence-corrected chi connectivity index (χ2v) is 7.01. The van der Waals surface area contributed by atoms with Crippen LogP contribution in [0, 0.1) is 3.57 Å². The number of aromatic carboxylic acids is 1. The van der Waals surface area contributed by atoms with Crippen LogP contribution in [0.25, 0.3) is 0 Å². The second-order valence-electron chi connectivity index (χ2n) is 4.51. The van der Waals surface area contributed by atoms with E-state index in [1.54, 1.807) is 18.2 Å². The van der Waals surface area contributed by atoms with Crippen LogP contribution in [-0.2, 0) is 0 Å². The maximum atomic E-state index is 12.2. The van der Waals surface area contributed by atoms with Gasteiger partial charge in [0.15, 0.2) is 5.11 Å². The predicted molar refractivity (Wildman–Crippen MR) is 104 cm³/mol. The van der Waals surface area contributed by atoms with Gasteiger partial charge in [-0.15, -0.1) is 0 Å². The molecule has 2 N–H and O–H groups in total. The summed E-state index contributed by atoms with van der Waals surface area (Å²) in [6.45, 7) is 0. The minimum atomic E-state index is -1.42. The highest BCUT2D eigenvalue weighted by Crippen LogP contribution is 2.21. The zero-order valence-corrected chi connectivity index (χ0v) is 16.2. The maximum absolute atomic E-state index is 12.2. The van der Waals surface area contributed by atoms with Crippen LogP contribution in [-0.4, -0.2) is 17.0 Å². The number of halogens is 3. The molecular formula is C15H8Cl2IN2O3S-. The minimum absolute atomic E-state index is 0.0836. The highest BCUT2D eigenvalue weighted by molar-refractivity contribution is 14.1. The van der Waals surface area contributed by atoms with Gasteiger partial charge in [0, 0.05) is 19.8 Å². The molecule has 2 rings (SSSR count). The van der Waals surface area contributed by atoms with E-state index in [-0.39, 0.29) is 32.0 Å². The van der Waals surface area contributed by atoms with Crippen LogP contribution in [0.2, 0.25) is 10.0 Å². The predicted octanol–water partition coefficient (Wildman–Crippen LogP) is 3.09. The van der Waals surface area contributed by atoms with Gasteiger partial charge in [-0.1, -0.05) is 23.2 Å².